The average Bonchev–Trinajstić information content (AvgIpc) is 2.74. The van der Waals surface area contributed by atoms with Gasteiger partial charge in [-0.15, -0.1) is 11.8 Å². The lowest BCUT2D eigenvalue weighted by Gasteiger charge is -2.20. The summed E-state index contributed by atoms with van der Waals surface area (Å²) in [4.78, 5) is 13.9. The van der Waals surface area contributed by atoms with Gasteiger partial charge < -0.3 is 5.32 Å². The Labute approximate surface area is 179 Å². The molecule has 0 bridgehead atoms. The van der Waals surface area contributed by atoms with Gasteiger partial charge in [-0.25, -0.2) is 8.42 Å². The molecule has 0 heterocycles. The standard InChI is InChI=1S/C21H19ClN2O3S2/c1-24(29(26,27)16-8-4-3-5-9-16)15-12-13-18(22)17(14-15)21(25)23-19-10-6-7-11-20(19)28-2/h3-14H,1-2H3,(H,23,25). The molecule has 29 heavy (non-hydrogen) atoms. The van der Waals surface area contributed by atoms with E-state index in [-0.39, 0.29) is 15.5 Å². The number of anilines is 2. The van der Waals surface area contributed by atoms with Crippen molar-refractivity contribution < 1.29 is 13.2 Å². The van der Waals surface area contributed by atoms with E-state index in [0.29, 0.717) is 11.4 Å². The molecule has 3 aromatic rings. The smallest absolute Gasteiger partial charge is 0.264 e. The fourth-order valence-electron chi connectivity index (χ4n) is 2.71. The van der Waals surface area contributed by atoms with Crippen LogP contribution >= 0.6 is 23.4 Å². The molecule has 3 rings (SSSR count). The zero-order valence-corrected chi connectivity index (χ0v) is 18.2. The van der Waals surface area contributed by atoms with E-state index in [1.54, 1.807) is 30.3 Å². The Morgan fingerprint density at radius 1 is 1.00 bits per heavy atom. The highest BCUT2D eigenvalue weighted by molar-refractivity contribution is 7.98. The molecule has 0 unspecified atom stereocenters. The summed E-state index contributed by atoms with van der Waals surface area (Å²) in [5, 5.41) is 3.08. The van der Waals surface area contributed by atoms with Crippen LogP contribution in [0, 0.1) is 0 Å². The summed E-state index contributed by atoms with van der Waals surface area (Å²) in [6.45, 7) is 0. The van der Waals surface area contributed by atoms with E-state index < -0.39 is 15.9 Å². The molecular formula is C21H19ClN2O3S2. The molecule has 150 valence electrons. The van der Waals surface area contributed by atoms with Crippen LogP contribution < -0.4 is 9.62 Å². The number of nitrogens with one attached hydrogen (secondary N) is 1. The lowest BCUT2D eigenvalue weighted by molar-refractivity contribution is 0.102. The van der Waals surface area contributed by atoms with Crippen molar-refractivity contribution in [3.8, 4) is 0 Å². The van der Waals surface area contributed by atoms with Crippen molar-refractivity contribution in [3.05, 3.63) is 83.4 Å². The van der Waals surface area contributed by atoms with Gasteiger partial charge in [-0.05, 0) is 48.7 Å². The van der Waals surface area contributed by atoms with Crippen LogP contribution in [0.25, 0.3) is 0 Å². The SMILES string of the molecule is CSc1ccccc1NC(=O)c1cc(N(C)S(=O)(=O)c2ccccc2)ccc1Cl. The van der Waals surface area contributed by atoms with Crippen LogP contribution in [0.1, 0.15) is 10.4 Å². The molecule has 0 radical (unpaired) electrons. The number of thioether (sulfide) groups is 1. The minimum absolute atomic E-state index is 0.164. The molecule has 8 heteroatoms. The van der Waals surface area contributed by atoms with Gasteiger partial charge in [0.05, 0.1) is 26.9 Å². The van der Waals surface area contributed by atoms with Gasteiger partial charge in [0.1, 0.15) is 0 Å². The molecule has 0 aliphatic rings. The van der Waals surface area contributed by atoms with E-state index in [1.165, 1.54) is 43.1 Å². The minimum Gasteiger partial charge on any atom is -0.321 e. The largest absolute Gasteiger partial charge is 0.321 e. The van der Waals surface area contributed by atoms with Gasteiger partial charge in [0, 0.05) is 11.9 Å². The third kappa shape index (κ3) is 4.58. The van der Waals surface area contributed by atoms with Crippen molar-refractivity contribution in [2.45, 2.75) is 9.79 Å². The van der Waals surface area contributed by atoms with E-state index in [2.05, 4.69) is 5.32 Å². The maximum atomic E-state index is 12.9. The first-order valence-corrected chi connectivity index (χ1v) is 11.7. The Kier molecular flexibility index (Phi) is 6.52. The average molecular weight is 447 g/mol. The summed E-state index contributed by atoms with van der Waals surface area (Å²) in [7, 11) is -2.32. The summed E-state index contributed by atoms with van der Waals surface area (Å²) >= 11 is 7.74. The van der Waals surface area contributed by atoms with Gasteiger partial charge in [0.25, 0.3) is 15.9 Å². The highest BCUT2D eigenvalue weighted by atomic mass is 35.5. The molecule has 0 aliphatic carbocycles. The number of halogens is 1. The van der Waals surface area contributed by atoms with Crippen molar-refractivity contribution >= 4 is 50.7 Å². The van der Waals surface area contributed by atoms with Crippen molar-refractivity contribution in [3.63, 3.8) is 0 Å². The number of para-hydroxylation sites is 1. The number of amides is 1. The van der Waals surface area contributed by atoms with Gasteiger partial charge in [-0.2, -0.15) is 0 Å². The van der Waals surface area contributed by atoms with Gasteiger partial charge in [-0.3, -0.25) is 9.10 Å². The quantitative estimate of drug-likeness (QED) is 0.532. The van der Waals surface area contributed by atoms with Gasteiger partial charge >= 0.3 is 0 Å². The Bertz CT molecular complexity index is 1140. The predicted molar refractivity (Wildman–Crippen MR) is 120 cm³/mol. The van der Waals surface area contributed by atoms with Crippen LogP contribution in [-0.2, 0) is 10.0 Å². The van der Waals surface area contributed by atoms with Crippen molar-refractivity contribution in [2.24, 2.45) is 0 Å². The maximum Gasteiger partial charge on any atom is 0.264 e. The van der Waals surface area contributed by atoms with E-state index in [1.807, 2.05) is 24.5 Å². The van der Waals surface area contributed by atoms with Crippen molar-refractivity contribution in [2.75, 3.05) is 22.9 Å². The Balaban J connectivity index is 1.93. The highest BCUT2D eigenvalue weighted by Gasteiger charge is 2.23. The van der Waals surface area contributed by atoms with Crippen LogP contribution in [0.4, 0.5) is 11.4 Å². The van der Waals surface area contributed by atoms with Crippen molar-refractivity contribution in [1.82, 2.24) is 0 Å². The number of benzene rings is 3. The molecule has 0 fully saturated rings. The molecule has 1 N–H and O–H groups in total. The third-order valence-electron chi connectivity index (χ3n) is 4.31. The number of hydrogen-bond donors (Lipinski definition) is 1. The number of carbonyl (C=O) groups excluding carboxylic acids is 1. The molecule has 0 saturated carbocycles. The normalized spacial score (nSPS) is 11.1. The van der Waals surface area contributed by atoms with Crippen LogP contribution in [0.2, 0.25) is 5.02 Å². The summed E-state index contributed by atoms with van der Waals surface area (Å²) in [6, 6.07) is 20.1. The molecule has 0 saturated heterocycles. The summed E-state index contributed by atoms with van der Waals surface area (Å²) in [5.41, 5.74) is 1.19. The minimum atomic E-state index is -3.76. The lowest BCUT2D eigenvalue weighted by atomic mass is 10.1. The monoisotopic (exact) mass is 446 g/mol. The second kappa shape index (κ2) is 8.90. The van der Waals surface area contributed by atoms with Crippen LogP contribution in [-0.4, -0.2) is 27.6 Å². The zero-order valence-electron chi connectivity index (χ0n) is 15.8. The first-order chi connectivity index (χ1) is 13.8. The first-order valence-electron chi connectivity index (χ1n) is 8.62. The lowest BCUT2D eigenvalue weighted by Crippen LogP contribution is -2.27. The van der Waals surface area contributed by atoms with Crippen molar-refractivity contribution in [1.29, 1.82) is 0 Å². The Hall–Kier alpha value is -2.48. The fraction of sp³-hybridized carbons (Fsp3) is 0.0952. The molecule has 5 nitrogen and oxygen atoms in total. The first kappa shape index (κ1) is 21.2. The molecule has 0 aliphatic heterocycles. The second-order valence-electron chi connectivity index (χ2n) is 6.10. The molecule has 0 spiro atoms. The molecule has 0 atom stereocenters. The number of nitrogens with zero attached hydrogens (tertiary/aromatic N) is 1. The van der Waals surface area contributed by atoms with Crippen LogP contribution in [0.5, 0.6) is 0 Å². The number of sulfonamides is 1. The van der Waals surface area contributed by atoms with Crippen LogP contribution in [0.15, 0.2) is 82.6 Å². The van der Waals surface area contributed by atoms with Gasteiger partial charge in [0.15, 0.2) is 0 Å². The summed E-state index contributed by atoms with van der Waals surface area (Å²) < 4.78 is 26.9. The Morgan fingerprint density at radius 3 is 2.34 bits per heavy atom. The summed E-state index contributed by atoms with van der Waals surface area (Å²) in [6.07, 6.45) is 1.92. The molecular weight excluding hydrogens is 428 g/mol. The number of carbonyl (C=O) groups is 1. The molecule has 3 aromatic carbocycles. The van der Waals surface area contributed by atoms with Crippen LogP contribution in [0.3, 0.4) is 0 Å². The van der Waals surface area contributed by atoms with Gasteiger partial charge in [-0.1, -0.05) is 41.9 Å². The maximum absolute atomic E-state index is 12.9. The Morgan fingerprint density at radius 2 is 1.66 bits per heavy atom. The zero-order chi connectivity index (χ0) is 21.0. The topological polar surface area (TPSA) is 66.5 Å². The van der Waals surface area contributed by atoms with Gasteiger partial charge in [0.2, 0.25) is 0 Å². The van der Waals surface area contributed by atoms with E-state index in [4.69, 9.17) is 11.6 Å². The predicted octanol–water partition coefficient (Wildman–Crippen LogP) is 5.14. The third-order valence-corrected chi connectivity index (χ3v) is 7.24. The molecule has 0 aromatic heterocycles. The van der Waals surface area contributed by atoms with E-state index >= 15 is 0 Å². The van der Waals surface area contributed by atoms with E-state index in [9.17, 15) is 13.2 Å². The molecule has 1 amide bonds. The fourth-order valence-corrected chi connectivity index (χ4v) is 4.68. The summed E-state index contributed by atoms with van der Waals surface area (Å²) in [5.74, 6) is -0.413. The number of hydrogen-bond acceptors (Lipinski definition) is 4. The highest BCUT2D eigenvalue weighted by Crippen LogP contribution is 2.29. The number of rotatable bonds is 6. The second-order valence-corrected chi connectivity index (χ2v) is 9.33. The van der Waals surface area contributed by atoms with E-state index in [0.717, 1.165) is 9.20 Å².